The fraction of sp³-hybridized carbons (Fsp3) is 0.214. The Kier molecular flexibility index (Phi) is 4.21. The maximum absolute atomic E-state index is 12.7. The molecule has 1 fully saturated rings. The first kappa shape index (κ1) is 16.0. The van der Waals surface area contributed by atoms with Crippen LogP contribution in [-0.2, 0) is 0 Å². The lowest BCUT2D eigenvalue weighted by Gasteiger charge is -2.22. The van der Waals surface area contributed by atoms with Crippen LogP contribution in [0.3, 0.4) is 0 Å². The second-order valence-corrected chi connectivity index (χ2v) is 6.18. The Balaban J connectivity index is 1.97. The van der Waals surface area contributed by atoms with Crippen LogP contribution in [0.15, 0.2) is 41.0 Å². The number of hydrogen-bond acceptors (Lipinski definition) is 7. The zero-order valence-electron chi connectivity index (χ0n) is 12.2. The molecule has 0 bridgehead atoms. The van der Waals surface area contributed by atoms with E-state index in [4.69, 9.17) is 4.42 Å². The number of thioether (sulfide) groups is 1. The van der Waals surface area contributed by atoms with Crippen molar-refractivity contribution in [1.82, 2.24) is 4.90 Å². The Labute approximate surface area is 139 Å². The Bertz CT molecular complexity index is 775. The monoisotopic (exact) mass is 349 g/mol. The predicted octanol–water partition coefficient (Wildman–Crippen LogP) is 2.98. The van der Waals surface area contributed by atoms with Gasteiger partial charge in [-0.3, -0.25) is 25.0 Å². The molecule has 1 aliphatic heterocycles. The molecule has 0 radical (unpaired) electrons. The van der Waals surface area contributed by atoms with E-state index in [1.165, 1.54) is 22.9 Å². The normalized spacial score (nSPS) is 17.0. The van der Waals surface area contributed by atoms with Crippen LogP contribution in [0.25, 0.3) is 0 Å². The summed E-state index contributed by atoms with van der Waals surface area (Å²) in [6.07, 6.45) is 1.50. The maximum Gasteiger partial charge on any atom is 0.277 e. The first-order valence-corrected chi connectivity index (χ1v) is 7.92. The van der Waals surface area contributed by atoms with Crippen molar-refractivity contribution < 1.29 is 19.1 Å². The lowest BCUT2D eigenvalue weighted by atomic mass is 10.1. The van der Waals surface area contributed by atoms with E-state index >= 15 is 0 Å². The van der Waals surface area contributed by atoms with Crippen LogP contribution in [0, 0.1) is 20.2 Å². The second kappa shape index (κ2) is 6.32. The number of benzene rings is 1. The van der Waals surface area contributed by atoms with E-state index in [-0.39, 0.29) is 10.9 Å². The molecule has 1 aromatic heterocycles. The van der Waals surface area contributed by atoms with E-state index in [1.54, 1.807) is 12.1 Å². The van der Waals surface area contributed by atoms with Crippen LogP contribution in [0.2, 0.25) is 0 Å². The summed E-state index contributed by atoms with van der Waals surface area (Å²) in [7, 11) is 0. The van der Waals surface area contributed by atoms with Gasteiger partial charge in [0.2, 0.25) is 0 Å². The Morgan fingerprint density at radius 2 is 1.88 bits per heavy atom. The number of nitrogens with zero attached hydrogens (tertiary/aromatic N) is 3. The summed E-state index contributed by atoms with van der Waals surface area (Å²) in [5.41, 5.74) is -1.07. The van der Waals surface area contributed by atoms with Crippen LogP contribution >= 0.6 is 11.8 Å². The van der Waals surface area contributed by atoms with E-state index in [1.807, 2.05) is 0 Å². The fourth-order valence-corrected chi connectivity index (χ4v) is 3.65. The summed E-state index contributed by atoms with van der Waals surface area (Å²) in [5.74, 6) is 0.757. The van der Waals surface area contributed by atoms with Crippen molar-refractivity contribution in [3.8, 4) is 0 Å². The number of nitro groups is 2. The van der Waals surface area contributed by atoms with E-state index in [0.29, 0.717) is 18.1 Å². The molecular weight excluding hydrogens is 338 g/mol. The molecule has 124 valence electrons. The Morgan fingerprint density at radius 1 is 1.21 bits per heavy atom. The number of hydrogen-bond donors (Lipinski definition) is 0. The average molecular weight is 349 g/mol. The summed E-state index contributed by atoms with van der Waals surface area (Å²) >= 11 is 1.50. The smallest absolute Gasteiger partial charge is 0.277 e. The van der Waals surface area contributed by atoms with Crippen LogP contribution in [0.5, 0.6) is 0 Å². The number of furan rings is 1. The minimum absolute atomic E-state index is 0.0880. The summed E-state index contributed by atoms with van der Waals surface area (Å²) in [6, 6.07) is 6.38. The molecule has 3 rings (SSSR count). The summed E-state index contributed by atoms with van der Waals surface area (Å²) in [6.45, 7) is 0.422. The number of amides is 1. The van der Waals surface area contributed by atoms with Crippen molar-refractivity contribution in [2.24, 2.45) is 0 Å². The number of carbonyl (C=O) groups excluding carboxylic acids is 1. The molecule has 1 saturated heterocycles. The molecule has 1 aromatic carbocycles. The highest BCUT2D eigenvalue weighted by molar-refractivity contribution is 7.99. The third-order valence-corrected chi connectivity index (χ3v) is 4.73. The molecule has 9 nitrogen and oxygen atoms in total. The van der Waals surface area contributed by atoms with Gasteiger partial charge in [0, 0.05) is 24.4 Å². The van der Waals surface area contributed by atoms with Crippen LogP contribution in [0.4, 0.5) is 11.4 Å². The summed E-state index contributed by atoms with van der Waals surface area (Å²) < 4.78 is 5.33. The van der Waals surface area contributed by atoms with Gasteiger partial charge in [0.1, 0.15) is 11.1 Å². The Morgan fingerprint density at radius 3 is 2.42 bits per heavy atom. The molecule has 0 aliphatic carbocycles. The number of rotatable bonds is 4. The lowest BCUT2D eigenvalue weighted by molar-refractivity contribution is -0.394. The molecule has 0 saturated carbocycles. The largest absolute Gasteiger partial charge is 0.466 e. The third kappa shape index (κ3) is 2.95. The van der Waals surface area contributed by atoms with E-state index < -0.39 is 27.1 Å². The average Bonchev–Trinajstić information content (AvgIpc) is 3.24. The minimum atomic E-state index is -0.757. The van der Waals surface area contributed by atoms with Gasteiger partial charge >= 0.3 is 0 Å². The minimum Gasteiger partial charge on any atom is -0.466 e. The van der Waals surface area contributed by atoms with Gasteiger partial charge in [-0.1, -0.05) is 0 Å². The van der Waals surface area contributed by atoms with Crippen molar-refractivity contribution in [3.05, 3.63) is 68.1 Å². The van der Waals surface area contributed by atoms with Gasteiger partial charge in [-0.2, -0.15) is 0 Å². The molecule has 24 heavy (non-hydrogen) atoms. The van der Waals surface area contributed by atoms with Gasteiger partial charge in [0.25, 0.3) is 17.3 Å². The number of carbonyl (C=O) groups is 1. The fourth-order valence-electron chi connectivity index (χ4n) is 2.44. The highest BCUT2D eigenvalue weighted by Crippen LogP contribution is 2.39. The van der Waals surface area contributed by atoms with E-state index in [9.17, 15) is 25.0 Å². The zero-order chi connectivity index (χ0) is 17.3. The van der Waals surface area contributed by atoms with E-state index in [0.717, 1.165) is 18.2 Å². The van der Waals surface area contributed by atoms with Gasteiger partial charge in [-0.05, 0) is 12.1 Å². The quantitative estimate of drug-likeness (QED) is 0.614. The van der Waals surface area contributed by atoms with Crippen molar-refractivity contribution in [2.75, 3.05) is 12.3 Å². The van der Waals surface area contributed by atoms with Crippen molar-refractivity contribution in [1.29, 1.82) is 0 Å². The molecule has 1 aliphatic rings. The summed E-state index contributed by atoms with van der Waals surface area (Å²) in [4.78, 5) is 34.6. The van der Waals surface area contributed by atoms with Crippen molar-refractivity contribution in [3.63, 3.8) is 0 Å². The highest BCUT2D eigenvalue weighted by Gasteiger charge is 2.34. The van der Waals surface area contributed by atoms with Gasteiger partial charge < -0.3 is 9.32 Å². The molecule has 0 N–H and O–H groups in total. The zero-order valence-corrected chi connectivity index (χ0v) is 13.0. The van der Waals surface area contributed by atoms with Crippen molar-refractivity contribution in [2.45, 2.75) is 5.37 Å². The molecular formula is C14H11N3O6S. The van der Waals surface area contributed by atoms with Crippen LogP contribution in [0.1, 0.15) is 21.5 Å². The molecule has 1 atom stereocenters. The maximum atomic E-state index is 12.7. The molecule has 2 heterocycles. The summed E-state index contributed by atoms with van der Waals surface area (Å²) in [5, 5.41) is 21.6. The molecule has 1 unspecified atom stereocenters. The highest BCUT2D eigenvalue weighted by atomic mass is 32.2. The predicted molar refractivity (Wildman–Crippen MR) is 84.7 cm³/mol. The van der Waals surface area contributed by atoms with Gasteiger partial charge in [0.05, 0.1) is 27.7 Å². The SMILES string of the molecule is O=C(c1cc([N+](=O)[O-])cc([N+](=O)[O-])c1)N1CCSC1c1ccco1. The molecule has 0 spiro atoms. The molecule has 10 heteroatoms. The second-order valence-electron chi connectivity index (χ2n) is 4.99. The molecule has 1 amide bonds. The topological polar surface area (TPSA) is 120 Å². The first-order chi connectivity index (χ1) is 11.5. The number of non-ortho nitro benzene ring substituents is 2. The van der Waals surface area contributed by atoms with E-state index in [2.05, 4.69) is 0 Å². The molecule has 2 aromatic rings. The standard InChI is InChI=1S/C14H11N3O6S/c18-13(15-3-5-24-14(15)12-2-1-4-23-12)9-6-10(16(19)20)8-11(7-9)17(21)22/h1-2,4,6-8,14H,3,5H2. The van der Waals surface area contributed by atoms with Crippen LogP contribution < -0.4 is 0 Å². The lowest BCUT2D eigenvalue weighted by Crippen LogP contribution is -2.30. The van der Waals surface area contributed by atoms with Gasteiger partial charge in [-0.15, -0.1) is 11.8 Å². The van der Waals surface area contributed by atoms with Gasteiger partial charge in [-0.25, -0.2) is 0 Å². The van der Waals surface area contributed by atoms with Gasteiger partial charge in [0.15, 0.2) is 0 Å². The van der Waals surface area contributed by atoms with Crippen LogP contribution in [-0.4, -0.2) is 33.0 Å². The first-order valence-electron chi connectivity index (χ1n) is 6.87. The Hall–Kier alpha value is -2.88. The van der Waals surface area contributed by atoms with Crippen molar-refractivity contribution >= 4 is 29.0 Å². The number of nitro benzene ring substituents is 2. The third-order valence-electron chi connectivity index (χ3n) is 3.51.